The summed E-state index contributed by atoms with van der Waals surface area (Å²) in [5, 5.41) is 40.2. The van der Waals surface area contributed by atoms with E-state index in [1.54, 1.807) is 62.3 Å². The zero-order valence-corrected chi connectivity index (χ0v) is 37.9. The number of ketones is 1. The van der Waals surface area contributed by atoms with E-state index in [0.717, 1.165) is 33.3 Å². The molecule has 1 heterocycles. The lowest BCUT2D eigenvalue weighted by atomic mass is 9.44. The molecule has 17 nitrogen and oxygen atoms in total. The number of rotatable bonds is 8. The summed E-state index contributed by atoms with van der Waals surface area (Å²) in [6, 6.07) is -1.27. The van der Waals surface area contributed by atoms with E-state index in [2.05, 4.69) is 5.32 Å². The quantitative estimate of drug-likeness (QED) is 0.150. The fourth-order valence-electron chi connectivity index (χ4n) is 10.6. The average Bonchev–Trinajstić information content (AvgIpc) is 3.13. The summed E-state index contributed by atoms with van der Waals surface area (Å²) in [7, 11) is 1.09. The summed E-state index contributed by atoms with van der Waals surface area (Å²) in [6.07, 6.45) is -7.73. The number of nitrogens with one attached hydrogen (secondary N) is 1. The molecule has 4 aliphatic carbocycles. The number of fused-ring (bicyclic) bond motifs is 5. The molecular formula is C44H67NO16. The van der Waals surface area contributed by atoms with Crippen LogP contribution in [0.1, 0.15) is 128 Å². The number of aliphatic hydroxyl groups excluding tert-OH is 2. The Balaban J connectivity index is 1.76. The lowest BCUT2D eigenvalue weighted by Gasteiger charge is -2.68. The molecule has 2 bridgehead atoms. The number of Topliss-reactive ketones (excluding diaryl/α,β-unsaturated/α-hetero) is 1. The number of amides is 1. The number of methoxy groups -OCH3 is 1. The minimum Gasteiger partial charge on any atom is -0.459 e. The Bertz CT molecular complexity index is 1810. The summed E-state index contributed by atoms with van der Waals surface area (Å²) >= 11 is 0. The normalized spacial score (nSPS) is 35.9. The SMILES string of the molecule is COC(=O)O[C@@]12CO[C@@H]1CC(O)[C@@]1(C)C(=O)[C@H](OC(C)=O)C3=C(C)[C@@](C)(OC(=O)[C@H](O)[C@@H](NC(=O)OC(C)(C)C)C(C)(C)C)C[C@@](O)([C@@H](OC(=O)C4CCCCC4)C12)C3(C)C. The molecule has 0 aromatic carbocycles. The molecule has 17 heteroatoms. The van der Waals surface area contributed by atoms with Crippen LogP contribution in [0, 0.1) is 28.1 Å². The van der Waals surface area contributed by atoms with Crippen LogP contribution in [0.4, 0.5) is 9.59 Å². The first-order valence-corrected chi connectivity index (χ1v) is 21.2. The van der Waals surface area contributed by atoms with E-state index in [0.29, 0.717) is 12.8 Å². The van der Waals surface area contributed by atoms with Crippen molar-refractivity contribution in [1.29, 1.82) is 0 Å². The van der Waals surface area contributed by atoms with Crippen LogP contribution in [0.25, 0.3) is 0 Å². The Morgan fingerprint density at radius 2 is 1.54 bits per heavy atom. The smallest absolute Gasteiger partial charge is 0.459 e. The molecule has 5 rings (SSSR count). The van der Waals surface area contributed by atoms with Crippen LogP contribution in [0.15, 0.2) is 11.1 Å². The third-order valence-corrected chi connectivity index (χ3v) is 14.1. The summed E-state index contributed by atoms with van der Waals surface area (Å²) in [4.78, 5) is 83.6. The van der Waals surface area contributed by atoms with Gasteiger partial charge in [-0.3, -0.25) is 14.4 Å². The van der Waals surface area contributed by atoms with E-state index in [4.69, 9.17) is 33.2 Å². The number of ether oxygens (including phenoxy) is 7. The lowest BCUT2D eigenvalue weighted by Crippen LogP contribution is -2.82. The highest BCUT2D eigenvalue weighted by Gasteiger charge is 2.79. The summed E-state index contributed by atoms with van der Waals surface area (Å²) in [6.45, 7) is 18.3. The van der Waals surface area contributed by atoms with E-state index in [1.165, 1.54) is 13.8 Å². The first kappa shape index (κ1) is 48.2. The van der Waals surface area contributed by atoms with Gasteiger partial charge in [-0.1, -0.05) is 53.9 Å². The number of aliphatic hydroxyl groups is 3. The Hall–Kier alpha value is -3.80. The van der Waals surface area contributed by atoms with E-state index >= 15 is 4.79 Å². The van der Waals surface area contributed by atoms with Crippen molar-refractivity contribution in [3.8, 4) is 0 Å². The number of esters is 3. The van der Waals surface area contributed by atoms with Gasteiger partial charge in [0.1, 0.15) is 29.0 Å². The molecular weight excluding hydrogens is 798 g/mol. The second kappa shape index (κ2) is 16.4. The number of carbonyl (C=O) groups is 6. The van der Waals surface area contributed by atoms with Crippen molar-refractivity contribution in [2.24, 2.45) is 28.1 Å². The lowest BCUT2D eigenvalue weighted by molar-refractivity contribution is -0.347. The van der Waals surface area contributed by atoms with Gasteiger partial charge in [-0.05, 0) is 70.9 Å². The molecule has 3 saturated carbocycles. The van der Waals surface area contributed by atoms with Crippen LogP contribution in [0.2, 0.25) is 0 Å². The second-order valence-electron chi connectivity index (χ2n) is 20.7. The van der Waals surface area contributed by atoms with Crippen molar-refractivity contribution >= 4 is 35.9 Å². The van der Waals surface area contributed by atoms with E-state index in [1.807, 2.05) is 0 Å². The van der Waals surface area contributed by atoms with E-state index in [9.17, 15) is 39.3 Å². The largest absolute Gasteiger partial charge is 0.508 e. The maximum absolute atomic E-state index is 15.6. The molecule has 0 aromatic heterocycles. The van der Waals surface area contributed by atoms with Gasteiger partial charge in [-0.15, -0.1) is 0 Å². The first-order chi connectivity index (χ1) is 27.9. The third kappa shape index (κ3) is 8.40. The van der Waals surface area contributed by atoms with Crippen molar-refractivity contribution in [1.82, 2.24) is 5.32 Å². The molecule has 0 aromatic rings. The molecule has 61 heavy (non-hydrogen) atoms. The molecule has 0 radical (unpaired) electrons. The summed E-state index contributed by atoms with van der Waals surface area (Å²) in [5.74, 6) is -5.82. The topological polar surface area (TPSA) is 240 Å². The van der Waals surface area contributed by atoms with Gasteiger partial charge in [0.25, 0.3) is 0 Å². The molecule has 1 aliphatic heterocycles. The van der Waals surface area contributed by atoms with Crippen molar-refractivity contribution in [3.63, 3.8) is 0 Å². The average molecular weight is 866 g/mol. The van der Waals surface area contributed by atoms with Crippen LogP contribution < -0.4 is 5.32 Å². The minimum atomic E-state index is -2.39. The van der Waals surface area contributed by atoms with Crippen molar-refractivity contribution < 1.29 is 77.2 Å². The summed E-state index contributed by atoms with van der Waals surface area (Å²) < 4.78 is 41.0. The molecule has 0 spiro atoms. The van der Waals surface area contributed by atoms with Crippen LogP contribution in [0.5, 0.6) is 0 Å². The molecule has 4 fully saturated rings. The van der Waals surface area contributed by atoms with Crippen molar-refractivity contribution in [3.05, 3.63) is 11.1 Å². The Morgan fingerprint density at radius 1 is 0.934 bits per heavy atom. The highest BCUT2D eigenvalue weighted by Crippen LogP contribution is 2.65. The molecule has 4 N–H and O–H groups in total. The van der Waals surface area contributed by atoms with Gasteiger partial charge in [0.05, 0.1) is 43.1 Å². The van der Waals surface area contributed by atoms with Gasteiger partial charge in [0.15, 0.2) is 23.6 Å². The van der Waals surface area contributed by atoms with Crippen LogP contribution >= 0.6 is 0 Å². The highest BCUT2D eigenvalue weighted by atomic mass is 16.8. The highest BCUT2D eigenvalue weighted by molar-refractivity contribution is 5.95. The first-order valence-electron chi connectivity index (χ1n) is 21.2. The van der Waals surface area contributed by atoms with Gasteiger partial charge < -0.3 is 53.8 Å². The zero-order valence-electron chi connectivity index (χ0n) is 37.9. The van der Waals surface area contributed by atoms with Crippen molar-refractivity contribution in [2.75, 3.05) is 13.7 Å². The molecule has 11 atom stereocenters. The zero-order chi connectivity index (χ0) is 46.1. The predicted molar refractivity (Wildman–Crippen MR) is 214 cm³/mol. The van der Waals surface area contributed by atoms with E-state index in [-0.39, 0.29) is 24.2 Å². The third-order valence-electron chi connectivity index (χ3n) is 14.1. The molecule has 2 unspecified atom stereocenters. The molecule has 1 amide bonds. The monoisotopic (exact) mass is 865 g/mol. The van der Waals surface area contributed by atoms with Gasteiger partial charge in [-0.2, -0.15) is 0 Å². The Morgan fingerprint density at radius 3 is 2.05 bits per heavy atom. The maximum atomic E-state index is 15.6. The second-order valence-corrected chi connectivity index (χ2v) is 20.7. The standard InChI is InChI=1S/C44H67NO16/c1-22-27-29(57-23(2)46)32(49)42(12)25(47)19-26-43(21-56-26,61-37(53)55-13)30(42)33(58-34(50)24-17-15-14-16-18-24)44(54,40(27,9)10)20-41(22,11)59-35(51)28(48)31(38(3,4)5)45-36(52)60-39(6,7)8/h24-26,28-31,33,47-48,54H,14-21H2,1-13H3,(H,45,52)/t25?,26-,28-,29-,30?,31-,33+,41+,42-,43+,44-/m1/s1. The van der Waals surface area contributed by atoms with Gasteiger partial charge in [-0.25, -0.2) is 14.4 Å². The fourth-order valence-corrected chi connectivity index (χ4v) is 10.6. The molecule has 1 saturated heterocycles. The van der Waals surface area contributed by atoms with E-state index < -0.39 is 129 Å². The van der Waals surface area contributed by atoms with Crippen LogP contribution in [0.3, 0.4) is 0 Å². The number of carbonyl (C=O) groups excluding carboxylic acids is 6. The van der Waals surface area contributed by atoms with Gasteiger partial charge in [0.2, 0.25) is 0 Å². The van der Waals surface area contributed by atoms with Gasteiger partial charge >= 0.3 is 30.2 Å². The number of hydrogen-bond acceptors (Lipinski definition) is 16. The molecule has 5 aliphatic rings. The molecule has 344 valence electrons. The predicted octanol–water partition coefficient (Wildman–Crippen LogP) is 4.38. The van der Waals surface area contributed by atoms with Crippen molar-refractivity contribution in [2.45, 2.75) is 187 Å². The summed E-state index contributed by atoms with van der Waals surface area (Å²) in [5.41, 5.74) is -11.6. The number of hydrogen-bond donors (Lipinski definition) is 4. The Kier molecular flexibility index (Phi) is 13.0. The van der Waals surface area contributed by atoms with Crippen LogP contribution in [-0.2, 0) is 52.3 Å². The minimum absolute atomic E-state index is 0.00556. The maximum Gasteiger partial charge on any atom is 0.508 e. The number of alkyl carbamates (subject to hydrolysis) is 1. The Labute approximate surface area is 357 Å². The van der Waals surface area contributed by atoms with Crippen LogP contribution in [-0.4, -0.2) is 124 Å². The fraction of sp³-hybridized carbons (Fsp3) is 0.818. The van der Waals surface area contributed by atoms with Gasteiger partial charge in [0, 0.05) is 25.2 Å².